The Labute approximate surface area is 152 Å². The number of halogens is 1. The highest BCUT2D eigenvalue weighted by Gasteiger charge is 2.33. The Kier molecular flexibility index (Phi) is 5.58. The molecule has 1 atom stereocenters. The van der Waals surface area contributed by atoms with Crippen molar-refractivity contribution < 1.29 is 9.59 Å². The minimum absolute atomic E-state index is 0.0781. The minimum Gasteiger partial charge on any atom is -0.397 e. The molecule has 0 spiro atoms. The standard InChI is InChI=1S/C18H26BrN3O2/c1-11-8-13(19)9-14(15(11)20)21-16(23)12-6-5-7-22(10-12)17(24)18(2,3)4/h8-9,12H,5-7,10,20H2,1-4H3,(H,21,23). The number of rotatable bonds is 2. The normalized spacial score (nSPS) is 18.4. The molecule has 0 radical (unpaired) electrons. The molecule has 1 aliphatic heterocycles. The van der Waals surface area contributed by atoms with Gasteiger partial charge in [0.2, 0.25) is 11.8 Å². The average molecular weight is 396 g/mol. The number of nitrogens with two attached hydrogens (primary N) is 1. The first kappa shape index (κ1) is 18.8. The third-order valence-corrected chi connectivity index (χ3v) is 4.79. The highest BCUT2D eigenvalue weighted by molar-refractivity contribution is 9.10. The molecule has 1 aromatic carbocycles. The van der Waals surface area contributed by atoms with E-state index in [1.807, 2.05) is 38.7 Å². The van der Waals surface area contributed by atoms with Crippen LogP contribution < -0.4 is 11.1 Å². The summed E-state index contributed by atoms with van der Waals surface area (Å²) in [6.45, 7) is 8.81. The molecule has 1 heterocycles. The van der Waals surface area contributed by atoms with E-state index in [-0.39, 0.29) is 17.7 Å². The molecular formula is C18H26BrN3O2. The number of likely N-dealkylation sites (tertiary alicyclic amines) is 1. The second-order valence-corrected chi connectivity index (χ2v) is 8.43. The van der Waals surface area contributed by atoms with Crippen molar-refractivity contribution in [1.82, 2.24) is 4.90 Å². The van der Waals surface area contributed by atoms with Crippen molar-refractivity contribution in [1.29, 1.82) is 0 Å². The summed E-state index contributed by atoms with van der Waals surface area (Å²) in [5.41, 5.74) is 7.74. The van der Waals surface area contributed by atoms with Gasteiger partial charge in [0.05, 0.1) is 17.3 Å². The van der Waals surface area contributed by atoms with E-state index in [1.54, 1.807) is 6.07 Å². The number of aryl methyl sites for hydroxylation is 1. The van der Waals surface area contributed by atoms with Crippen molar-refractivity contribution in [3.8, 4) is 0 Å². The van der Waals surface area contributed by atoms with Crippen LogP contribution in [0.25, 0.3) is 0 Å². The number of nitrogens with one attached hydrogen (secondary N) is 1. The summed E-state index contributed by atoms with van der Waals surface area (Å²) in [5.74, 6) is -0.188. The molecule has 0 saturated carbocycles. The number of carbonyl (C=O) groups excluding carboxylic acids is 2. The van der Waals surface area contributed by atoms with Crippen LogP contribution in [-0.4, -0.2) is 29.8 Å². The van der Waals surface area contributed by atoms with Gasteiger partial charge in [0.25, 0.3) is 0 Å². The first-order valence-corrected chi connectivity index (χ1v) is 9.04. The van der Waals surface area contributed by atoms with Gasteiger partial charge >= 0.3 is 0 Å². The Balaban J connectivity index is 2.09. The number of benzene rings is 1. The van der Waals surface area contributed by atoms with Crippen molar-refractivity contribution in [2.24, 2.45) is 11.3 Å². The molecule has 0 aliphatic carbocycles. The number of hydrogen-bond acceptors (Lipinski definition) is 3. The van der Waals surface area contributed by atoms with Gasteiger partial charge in [0.1, 0.15) is 0 Å². The van der Waals surface area contributed by atoms with Gasteiger partial charge in [-0.3, -0.25) is 9.59 Å². The Morgan fingerprint density at radius 2 is 2.00 bits per heavy atom. The van der Waals surface area contributed by atoms with E-state index in [4.69, 9.17) is 5.73 Å². The molecule has 0 aromatic heterocycles. The van der Waals surface area contributed by atoms with Crippen LogP contribution >= 0.6 is 15.9 Å². The Bertz CT molecular complexity index is 652. The van der Waals surface area contributed by atoms with Crippen LogP contribution in [0.3, 0.4) is 0 Å². The van der Waals surface area contributed by atoms with Gasteiger partial charge < -0.3 is 16.0 Å². The number of carbonyl (C=O) groups is 2. The lowest BCUT2D eigenvalue weighted by Gasteiger charge is -2.36. The molecule has 5 nitrogen and oxygen atoms in total. The number of hydrogen-bond donors (Lipinski definition) is 2. The van der Waals surface area contributed by atoms with E-state index in [0.29, 0.717) is 17.9 Å². The topological polar surface area (TPSA) is 75.4 Å². The third kappa shape index (κ3) is 4.29. The molecule has 2 amide bonds. The Hall–Kier alpha value is -1.56. The van der Waals surface area contributed by atoms with Gasteiger partial charge in [-0.25, -0.2) is 0 Å². The number of nitrogens with zero attached hydrogens (tertiary/aromatic N) is 1. The van der Waals surface area contributed by atoms with E-state index in [1.165, 1.54) is 0 Å². The fourth-order valence-corrected chi connectivity index (χ4v) is 3.51. The van der Waals surface area contributed by atoms with Gasteiger partial charge in [0, 0.05) is 23.0 Å². The number of piperidine rings is 1. The number of amides is 2. The molecule has 132 valence electrons. The molecule has 0 bridgehead atoms. The van der Waals surface area contributed by atoms with Crippen molar-refractivity contribution in [2.45, 2.75) is 40.5 Å². The van der Waals surface area contributed by atoms with Crippen LogP contribution in [0.4, 0.5) is 11.4 Å². The lowest BCUT2D eigenvalue weighted by molar-refractivity contribution is -0.142. The minimum atomic E-state index is -0.426. The Morgan fingerprint density at radius 3 is 2.62 bits per heavy atom. The molecule has 2 rings (SSSR count). The molecule has 3 N–H and O–H groups in total. The monoisotopic (exact) mass is 395 g/mol. The molecule has 1 fully saturated rings. The largest absolute Gasteiger partial charge is 0.397 e. The highest BCUT2D eigenvalue weighted by Crippen LogP contribution is 2.29. The lowest BCUT2D eigenvalue weighted by atomic mass is 9.91. The predicted molar refractivity (Wildman–Crippen MR) is 101 cm³/mol. The zero-order chi connectivity index (χ0) is 18.1. The first-order valence-electron chi connectivity index (χ1n) is 8.25. The quantitative estimate of drug-likeness (QED) is 0.751. The summed E-state index contributed by atoms with van der Waals surface area (Å²) in [4.78, 5) is 26.9. The number of anilines is 2. The van der Waals surface area contributed by atoms with Gasteiger partial charge in [0.15, 0.2) is 0 Å². The third-order valence-electron chi connectivity index (χ3n) is 4.33. The predicted octanol–water partition coefficient (Wildman–Crippen LogP) is 3.56. The highest BCUT2D eigenvalue weighted by atomic mass is 79.9. The maximum Gasteiger partial charge on any atom is 0.229 e. The van der Waals surface area contributed by atoms with Gasteiger partial charge in [-0.2, -0.15) is 0 Å². The van der Waals surface area contributed by atoms with Gasteiger partial charge in [-0.15, -0.1) is 0 Å². The summed E-state index contributed by atoms with van der Waals surface area (Å²) in [6, 6.07) is 3.72. The van der Waals surface area contributed by atoms with Crippen LogP contribution in [0.5, 0.6) is 0 Å². The van der Waals surface area contributed by atoms with Gasteiger partial charge in [-0.1, -0.05) is 36.7 Å². The van der Waals surface area contributed by atoms with Crippen LogP contribution in [0.1, 0.15) is 39.2 Å². The van der Waals surface area contributed by atoms with Crippen LogP contribution in [-0.2, 0) is 9.59 Å². The summed E-state index contributed by atoms with van der Waals surface area (Å²) >= 11 is 3.42. The van der Waals surface area contributed by atoms with Gasteiger partial charge in [-0.05, 0) is 37.5 Å². The molecule has 1 aliphatic rings. The van der Waals surface area contributed by atoms with Crippen LogP contribution in [0, 0.1) is 18.3 Å². The lowest BCUT2D eigenvalue weighted by Crippen LogP contribution is -2.47. The summed E-state index contributed by atoms with van der Waals surface area (Å²) in [6.07, 6.45) is 1.62. The molecule has 6 heteroatoms. The van der Waals surface area contributed by atoms with E-state index in [0.717, 1.165) is 29.4 Å². The van der Waals surface area contributed by atoms with Crippen molar-refractivity contribution in [3.05, 3.63) is 22.2 Å². The summed E-state index contributed by atoms with van der Waals surface area (Å²) in [7, 11) is 0. The van der Waals surface area contributed by atoms with Crippen molar-refractivity contribution in [3.63, 3.8) is 0 Å². The molecule has 1 unspecified atom stereocenters. The maximum atomic E-state index is 12.6. The zero-order valence-corrected chi connectivity index (χ0v) is 16.4. The smallest absolute Gasteiger partial charge is 0.229 e. The second-order valence-electron chi connectivity index (χ2n) is 7.51. The maximum absolute atomic E-state index is 12.6. The van der Waals surface area contributed by atoms with E-state index >= 15 is 0 Å². The number of nitrogen functional groups attached to an aromatic ring is 1. The molecule has 24 heavy (non-hydrogen) atoms. The average Bonchev–Trinajstić information content (AvgIpc) is 2.50. The van der Waals surface area contributed by atoms with E-state index in [9.17, 15) is 9.59 Å². The SMILES string of the molecule is Cc1cc(Br)cc(NC(=O)C2CCCN(C(=O)C(C)(C)C)C2)c1N. The van der Waals surface area contributed by atoms with Crippen molar-refractivity contribution in [2.75, 3.05) is 24.1 Å². The van der Waals surface area contributed by atoms with Crippen molar-refractivity contribution >= 4 is 39.1 Å². The van der Waals surface area contributed by atoms with Crippen LogP contribution in [0.2, 0.25) is 0 Å². The second kappa shape index (κ2) is 7.13. The van der Waals surface area contributed by atoms with E-state index < -0.39 is 5.41 Å². The van der Waals surface area contributed by atoms with Crippen LogP contribution in [0.15, 0.2) is 16.6 Å². The Morgan fingerprint density at radius 1 is 1.33 bits per heavy atom. The molecule has 1 saturated heterocycles. The first-order chi connectivity index (χ1) is 11.1. The van der Waals surface area contributed by atoms with E-state index in [2.05, 4.69) is 21.2 Å². The molecule has 1 aromatic rings. The zero-order valence-electron chi connectivity index (χ0n) is 14.8. The fourth-order valence-electron chi connectivity index (χ4n) is 2.94. The summed E-state index contributed by atoms with van der Waals surface area (Å²) < 4.78 is 0.873. The fraction of sp³-hybridized carbons (Fsp3) is 0.556. The summed E-state index contributed by atoms with van der Waals surface area (Å²) in [5, 5.41) is 2.93. The molecular weight excluding hydrogens is 370 g/mol.